The van der Waals surface area contributed by atoms with Gasteiger partial charge in [-0.3, -0.25) is 9.38 Å². The summed E-state index contributed by atoms with van der Waals surface area (Å²) in [6.07, 6.45) is 9.36. The number of hydrogen-bond donors (Lipinski definition) is 0. The summed E-state index contributed by atoms with van der Waals surface area (Å²) in [6.45, 7) is 2.10. The number of nitrogens with zero attached hydrogens (tertiary/aromatic N) is 4. The first-order valence-corrected chi connectivity index (χ1v) is 7.49. The van der Waals surface area contributed by atoms with Gasteiger partial charge in [-0.25, -0.2) is 9.97 Å². The second-order valence-corrected chi connectivity index (χ2v) is 5.77. The van der Waals surface area contributed by atoms with Crippen LogP contribution in [0.4, 0.5) is 0 Å². The van der Waals surface area contributed by atoms with Crippen molar-refractivity contribution in [3.8, 4) is 21.7 Å². The molecular formula is C16H12N4S. The van der Waals surface area contributed by atoms with Crippen molar-refractivity contribution in [3.05, 3.63) is 60.1 Å². The van der Waals surface area contributed by atoms with Gasteiger partial charge < -0.3 is 0 Å². The lowest BCUT2D eigenvalue weighted by atomic mass is 10.1. The van der Waals surface area contributed by atoms with Gasteiger partial charge >= 0.3 is 0 Å². The maximum atomic E-state index is 4.74. The SMILES string of the molecule is Cc1csc(-c2nc3nccn3cc2-c2ccncc2)c1. The molecular weight excluding hydrogens is 280 g/mol. The van der Waals surface area contributed by atoms with Crippen molar-refractivity contribution in [1.29, 1.82) is 0 Å². The second kappa shape index (κ2) is 4.79. The van der Waals surface area contributed by atoms with E-state index in [1.165, 1.54) is 5.56 Å². The van der Waals surface area contributed by atoms with Gasteiger partial charge in [0.05, 0.1) is 10.6 Å². The lowest BCUT2D eigenvalue weighted by Crippen LogP contribution is -1.95. The standard InChI is InChI=1S/C16H12N4S/c1-11-8-14(21-10-11)15-13(12-2-4-17-5-3-12)9-20-7-6-18-16(20)19-15/h2-10H,1H3. The molecule has 0 bridgehead atoms. The number of rotatable bonds is 2. The fourth-order valence-corrected chi connectivity index (χ4v) is 3.24. The molecule has 0 aliphatic heterocycles. The van der Waals surface area contributed by atoms with Gasteiger partial charge in [0.25, 0.3) is 0 Å². The van der Waals surface area contributed by atoms with E-state index in [-0.39, 0.29) is 0 Å². The molecule has 4 aromatic heterocycles. The number of hydrogen-bond acceptors (Lipinski definition) is 4. The van der Waals surface area contributed by atoms with E-state index in [9.17, 15) is 0 Å². The van der Waals surface area contributed by atoms with Gasteiger partial charge in [0, 0.05) is 36.5 Å². The van der Waals surface area contributed by atoms with Gasteiger partial charge in [-0.1, -0.05) is 0 Å². The van der Waals surface area contributed by atoms with Gasteiger partial charge in [-0.2, -0.15) is 0 Å². The number of pyridine rings is 1. The van der Waals surface area contributed by atoms with E-state index in [2.05, 4.69) is 34.5 Å². The van der Waals surface area contributed by atoms with Gasteiger partial charge in [0.1, 0.15) is 0 Å². The van der Waals surface area contributed by atoms with E-state index in [0.29, 0.717) is 5.78 Å². The molecule has 21 heavy (non-hydrogen) atoms. The van der Waals surface area contributed by atoms with E-state index < -0.39 is 0 Å². The maximum Gasteiger partial charge on any atom is 0.234 e. The molecule has 4 rings (SSSR count). The number of aromatic nitrogens is 4. The zero-order valence-electron chi connectivity index (χ0n) is 11.4. The van der Waals surface area contributed by atoms with E-state index in [1.807, 2.05) is 22.7 Å². The van der Waals surface area contributed by atoms with E-state index in [1.54, 1.807) is 29.9 Å². The molecule has 4 heterocycles. The zero-order valence-corrected chi connectivity index (χ0v) is 12.2. The fraction of sp³-hybridized carbons (Fsp3) is 0.0625. The molecule has 0 unspecified atom stereocenters. The van der Waals surface area contributed by atoms with Crippen LogP contribution in [0.5, 0.6) is 0 Å². The quantitative estimate of drug-likeness (QED) is 0.564. The Hall–Kier alpha value is -2.53. The molecule has 0 fully saturated rings. The highest BCUT2D eigenvalue weighted by Crippen LogP contribution is 2.34. The molecule has 0 aliphatic carbocycles. The summed E-state index contributed by atoms with van der Waals surface area (Å²) in [4.78, 5) is 14.3. The normalized spacial score (nSPS) is 11.1. The largest absolute Gasteiger partial charge is 0.291 e. The highest BCUT2D eigenvalue weighted by Gasteiger charge is 2.13. The van der Waals surface area contributed by atoms with Crippen LogP contribution in [0.25, 0.3) is 27.5 Å². The first kappa shape index (κ1) is 12.2. The Morgan fingerprint density at radius 1 is 1.14 bits per heavy atom. The minimum absolute atomic E-state index is 0.717. The summed E-state index contributed by atoms with van der Waals surface area (Å²) < 4.78 is 1.94. The number of thiophene rings is 1. The molecule has 0 N–H and O–H groups in total. The molecule has 102 valence electrons. The van der Waals surface area contributed by atoms with Crippen molar-refractivity contribution in [2.24, 2.45) is 0 Å². The van der Waals surface area contributed by atoms with Crippen molar-refractivity contribution >= 4 is 17.1 Å². The Labute approximate surface area is 125 Å². The Morgan fingerprint density at radius 2 is 2.00 bits per heavy atom. The van der Waals surface area contributed by atoms with Crippen LogP contribution in [0, 0.1) is 6.92 Å². The third kappa shape index (κ3) is 2.11. The van der Waals surface area contributed by atoms with Gasteiger partial charge in [-0.05, 0) is 41.6 Å². The second-order valence-electron chi connectivity index (χ2n) is 4.86. The van der Waals surface area contributed by atoms with Crippen LogP contribution < -0.4 is 0 Å². The molecule has 4 aromatic rings. The van der Waals surface area contributed by atoms with Crippen molar-refractivity contribution in [3.63, 3.8) is 0 Å². The Balaban J connectivity index is 2.02. The minimum atomic E-state index is 0.717. The first-order valence-electron chi connectivity index (χ1n) is 6.61. The van der Waals surface area contributed by atoms with E-state index >= 15 is 0 Å². The predicted molar refractivity (Wildman–Crippen MR) is 84.3 cm³/mol. The van der Waals surface area contributed by atoms with Crippen LogP contribution >= 0.6 is 11.3 Å². The van der Waals surface area contributed by atoms with Crippen molar-refractivity contribution in [1.82, 2.24) is 19.4 Å². The summed E-state index contributed by atoms with van der Waals surface area (Å²) in [6, 6.07) is 6.17. The third-order valence-corrected chi connectivity index (χ3v) is 4.39. The molecule has 5 heteroatoms. The van der Waals surface area contributed by atoms with Crippen molar-refractivity contribution in [2.75, 3.05) is 0 Å². The number of fused-ring (bicyclic) bond motifs is 1. The van der Waals surface area contributed by atoms with Crippen LogP contribution in [0.15, 0.2) is 54.6 Å². The van der Waals surface area contributed by atoms with E-state index in [4.69, 9.17) is 4.98 Å². The Kier molecular flexibility index (Phi) is 2.79. The van der Waals surface area contributed by atoms with Crippen LogP contribution in [-0.4, -0.2) is 19.4 Å². The van der Waals surface area contributed by atoms with Crippen LogP contribution in [-0.2, 0) is 0 Å². The smallest absolute Gasteiger partial charge is 0.234 e. The molecule has 0 amide bonds. The van der Waals surface area contributed by atoms with E-state index in [0.717, 1.165) is 21.7 Å². The highest BCUT2D eigenvalue weighted by atomic mass is 32.1. The summed E-state index contributed by atoms with van der Waals surface area (Å²) in [5.41, 5.74) is 4.41. The third-order valence-electron chi connectivity index (χ3n) is 3.34. The number of imidazole rings is 1. The van der Waals surface area contributed by atoms with Crippen molar-refractivity contribution in [2.45, 2.75) is 6.92 Å². The number of aryl methyl sites for hydroxylation is 1. The summed E-state index contributed by atoms with van der Waals surface area (Å²) >= 11 is 1.71. The predicted octanol–water partition coefficient (Wildman–Crippen LogP) is 3.83. The molecule has 0 aromatic carbocycles. The lowest BCUT2D eigenvalue weighted by molar-refractivity contribution is 1.12. The molecule has 0 saturated carbocycles. The monoisotopic (exact) mass is 292 g/mol. The van der Waals surface area contributed by atoms with Crippen molar-refractivity contribution < 1.29 is 0 Å². The molecule has 0 atom stereocenters. The lowest BCUT2D eigenvalue weighted by Gasteiger charge is -2.08. The molecule has 0 aliphatic rings. The van der Waals surface area contributed by atoms with Crippen LogP contribution in [0.1, 0.15) is 5.56 Å². The first-order chi connectivity index (χ1) is 10.3. The minimum Gasteiger partial charge on any atom is -0.291 e. The van der Waals surface area contributed by atoms with Crippen LogP contribution in [0.3, 0.4) is 0 Å². The summed E-state index contributed by atoms with van der Waals surface area (Å²) in [5, 5.41) is 2.14. The Bertz CT molecular complexity index is 908. The zero-order chi connectivity index (χ0) is 14.2. The summed E-state index contributed by atoms with van der Waals surface area (Å²) in [5.74, 6) is 0.717. The molecule has 0 saturated heterocycles. The fourth-order valence-electron chi connectivity index (χ4n) is 2.34. The van der Waals surface area contributed by atoms with Gasteiger partial charge in [0.2, 0.25) is 5.78 Å². The Morgan fingerprint density at radius 3 is 2.76 bits per heavy atom. The molecule has 4 nitrogen and oxygen atoms in total. The highest BCUT2D eigenvalue weighted by molar-refractivity contribution is 7.13. The van der Waals surface area contributed by atoms with Crippen LogP contribution in [0.2, 0.25) is 0 Å². The average Bonchev–Trinajstić information content (AvgIpc) is 3.15. The summed E-state index contributed by atoms with van der Waals surface area (Å²) in [7, 11) is 0. The maximum absolute atomic E-state index is 4.74. The van der Waals surface area contributed by atoms with Gasteiger partial charge in [0.15, 0.2) is 0 Å². The molecule has 0 spiro atoms. The average molecular weight is 292 g/mol. The topological polar surface area (TPSA) is 43.1 Å². The molecule has 0 radical (unpaired) electrons. The van der Waals surface area contributed by atoms with Gasteiger partial charge in [-0.15, -0.1) is 11.3 Å².